The summed E-state index contributed by atoms with van der Waals surface area (Å²) in [6.07, 6.45) is 5.42. The van der Waals surface area contributed by atoms with Crippen LogP contribution in [-0.4, -0.2) is 9.55 Å². The molecule has 1 heterocycles. The fourth-order valence-corrected chi connectivity index (χ4v) is 4.24. The van der Waals surface area contributed by atoms with E-state index in [1.807, 2.05) is 0 Å². The molecular weight excluding hydrogens is 246 g/mol. The lowest BCUT2D eigenvalue weighted by molar-refractivity contribution is 0.600. The SMILES string of the molecule is CCCn1c(C2C3CCCC32)nc2cc(CN)ccc21. The quantitative estimate of drug-likeness (QED) is 0.924. The number of nitrogens with zero attached hydrogens (tertiary/aromatic N) is 2. The Morgan fingerprint density at radius 1 is 1.30 bits per heavy atom. The lowest BCUT2D eigenvalue weighted by Gasteiger charge is -2.09. The summed E-state index contributed by atoms with van der Waals surface area (Å²) >= 11 is 0. The zero-order chi connectivity index (χ0) is 13.7. The summed E-state index contributed by atoms with van der Waals surface area (Å²) in [6.45, 7) is 3.93. The predicted molar refractivity (Wildman–Crippen MR) is 81.5 cm³/mol. The molecule has 2 unspecified atom stereocenters. The molecule has 3 heteroatoms. The maximum absolute atomic E-state index is 5.76. The molecule has 3 nitrogen and oxygen atoms in total. The fraction of sp³-hybridized carbons (Fsp3) is 0.588. The monoisotopic (exact) mass is 269 g/mol. The van der Waals surface area contributed by atoms with Gasteiger partial charge in [-0.3, -0.25) is 0 Å². The van der Waals surface area contributed by atoms with E-state index in [0.29, 0.717) is 6.54 Å². The van der Waals surface area contributed by atoms with Crippen LogP contribution in [0.4, 0.5) is 0 Å². The van der Waals surface area contributed by atoms with Crippen LogP contribution in [0, 0.1) is 11.8 Å². The predicted octanol–water partition coefficient (Wildman–Crippen LogP) is 3.42. The Labute approximate surface area is 120 Å². The minimum absolute atomic E-state index is 0.598. The van der Waals surface area contributed by atoms with Gasteiger partial charge in [0.25, 0.3) is 0 Å². The van der Waals surface area contributed by atoms with Gasteiger partial charge in [-0.05, 0) is 48.8 Å². The minimum Gasteiger partial charge on any atom is -0.328 e. The highest BCUT2D eigenvalue weighted by Gasteiger charge is 2.55. The molecule has 2 saturated carbocycles. The Hall–Kier alpha value is -1.35. The van der Waals surface area contributed by atoms with Crippen molar-refractivity contribution in [2.75, 3.05) is 0 Å². The van der Waals surface area contributed by atoms with Gasteiger partial charge in [0.05, 0.1) is 11.0 Å². The fourth-order valence-electron chi connectivity index (χ4n) is 4.24. The summed E-state index contributed by atoms with van der Waals surface area (Å²) in [5, 5.41) is 0. The van der Waals surface area contributed by atoms with Crippen molar-refractivity contribution in [2.24, 2.45) is 17.6 Å². The summed E-state index contributed by atoms with van der Waals surface area (Å²) in [6, 6.07) is 6.53. The second-order valence-electron chi connectivity index (χ2n) is 6.43. The van der Waals surface area contributed by atoms with E-state index < -0.39 is 0 Å². The van der Waals surface area contributed by atoms with Crippen LogP contribution in [0.25, 0.3) is 11.0 Å². The highest BCUT2D eigenvalue weighted by Crippen LogP contribution is 2.63. The van der Waals surface area contributed by atoms with E-state index >= 15 is 0 Å². The second kappa shape index (κ2) is 4.59. The van der Waals surface area contributed by atoms with Gasteiger partial charge in [-0.1, -0.05) is 19.4 Å². The normalized spacial score (nSPS) is 28.0. The first-order valence-corrected chi connectivity index (χ1v) is 8.02. The lowest BCUT2D eigenvalue weighted by atomic mass is 10.1. The Balaban J connectivity index is 1.80. The van der Waals surface area contributed by atoms with Crippen molar-refractivity contribution in [2.45, 2.75) is 51.6 Å². The highest BCUT2D eigenvalue weighted by molar-refractivity contribution is 5.77. The summed E-state index contributed by atoms with van der Waals surface area (Å²) in [5.74, 6) is 3.95. The van der Waals surface area contributed by atoms with E-state index in [2.05, 4.69) is 29.7 Å². The zero-order valence-corrected chi connectivity index (χ0v) is 12.2. The van der Waals surface area contributed by atoms with Crippen molar-refractivity contribution in [1.82, 2.24) is 9.55 Å². The van der Waals surface area contributed by atoms with Gasteiger partial charge in [0.1, 0.15) is 5.82 Å². The van der Waals surface area contributed by atoms with Crippen LogP contribution in [0.1, 0.15) is 49.9 Å². The van der Waals surface area contributed by atoms with Gasteiger partial charge in [0.2, 0.25) is 0 Å². The Morgan fingerprint density at radius 3 is 2.80 bits per heavy atom. The number of hydrogen-bond acceptors (Lipinski definition) is 2. The molecule has 2 aliphatic rings. The maximum atomic E-state index is 5.76. The number of aryl methyl sites for hydroxylation is 1. The third-order valence-corrected chi connectivity index (χ3v) is 5.23. The van der Waals surface area contributed by atoms with Gasteiger partial charge in [-0.15, -0.1) is 0 Å². The lowest BCUT2D eigenvalue weighted by Crippen LogP contribution is -2.04. The number of rotatable bonds is 4. The molecule has 2 aliphatic carbocycles. The van der Waals surface area contributed by atoms with Crippen LogP contribution in [0.5, 0.6) is 0 Å². The summed E-state index contributed by atoms with van der Waals surface area (Å²) in [7, 11) is 0. The van der Waals surface area contributed by atoms with Crippen LogP contribution in [0.3, 0.4) is 0 Å². The average Bonchev–Trinajstić information content (AvgIpc) is 2.85. The third kappa shape index (κ3) is 1.72. The molecule has 1 aromatic heterocycles. The number of hydrogen-bond donors (Lipinski definition) is 1. The first-order chi connectivity index (χ1) is 9.83. The summed E-state index contributed by atoms with van der Waals surface area (Å²) < 4.78 is 2.47. The molecular formula is C17H23N3. The molecule has 0 aliphatic heterocycles. The molecule has 0 saturated heterocycles. The number of imidazole rings is 1. The Kier molecular flexibility index (Phi) is 2.84. The van der Waals surface area contributed by atoms with E-state index in [1.165, 1.54) is 42.6 Å². The molecule has 2 fully saturated rings. The van der Waals surface area contributed by atoms with Gasteiger partial charge in [0.15, 0.2) is 0 Å². The largest absolute Gasteiger partial charge is 0.328 e. The first kappa shape index (κ1) is 12.4. The molecule has 2 aromatic rings. The molecule has 0 radical (unpaired) electrons. The topological polar surface area (TPSA) is 43.8 Å². The molecule has 1 aromatic carbocycles. The van der Waals surface area contributed by atoms with Crippen LogP contribution in [0.15, 0.2) is 18.2 Å². The Bertz CT molecular complexity index is 633. The van der Waals surface area contributed by atoms with Crippen LogP contribution in [0.2, 0.25) is 0 Å². The Morgan fingerprint density at radius 2 is 2.10 bits per heavy atom. The van der Waals surface area contributed by atoms with Crippen LogP contribution >= 0.6 is 0 Å². The molecule has 0 bridgehead atoms. The van der Waals surface area contributed by atoms with Gasteiger partial charge in [-0.2, -0.15) is 0 Å². The minimum atomic E-state index is 0.598. The van der Waals surface area contributed by atoms with E-state index in [-0.39, 0.29) is 0 Å². The number of benzene rings is 1. The van der Waals surface area contributed by atoms with Gasteiger partial charge >= 0.3 is 0 Å². The van der Waals surface area contributed by atoms with E-state index in [0.717, 1.165) is 29.8 Å². The van der Waals surface area contributed by atoms with Crippen molar-refractivity contribution >= 4 is 11.0 Å². The van der Waals surface area contributed by atoms with Crippen molar-refractivity contribution in [3.05, 3.63) is 29.6 Å². The number of nitrogens with two attached hydrogens (primary N) is 1. The maximum Gasteiger partial charge on any atom is 0.113 e. The molecule has 2 N–H and O–H groups in total. The standard InChI is InChI=1S/C17H23N3/c1-2-8-20-15-7-6-11(10-18)9-14(15)19-17(20)16-12-4-3-5-13(12)16/h6-7,9,12-13,16H,2-5,8,10,18H2,1H3. The molecule has 0 amide bonds. The molecule has 2 atom stereocenters. The van der Waals surface area contributed by atoms with Crippen molar-refractivity contribution < 1.29 is 0 Å². The zero-order valence-electron chi connectivity index (χ0n) is 12.2. The van der Waals surface area contributed by atoms with Crippen LogP contribution < -0.4 is 5.73 Å². The number of fused-ring (bicyclic) bond motifs is 2. The van der Waals surface area contributed by atoms with Gasteiger partial charge < -0.3 is 10.3 Å². The van der Waals surface area contributed by atoms with Crippen molar-refractivity contribution in [1.29, 1.82) is 0 Å². The van der Waals surface area contributed by atoms with Crippen LogP contribution in [-0.2, 0) is 13.1 Å². The summed E-state index contributed by atoms with van der Waals surface area (Å²) in [5.41, 5.74) is 9.37. The third-order valence-electron chi connectivity index (χ3n) is 5.23. The van der Waals surface area contributed by atoms with E-state index in [4.69, 9.17) is 10.7 Å². The molecule has 0 spiro atoms. The van der Waals surface area contributed by atoms with E-state index in [9.17, 15) is 0 Å². The average molecular weight is 269 g/mol. The smallest absolute Gasteiger partial charge is 0.113 e. The van der Waals surface area contributed by atoms with Crippen molar-refractivity contribution in [3.8, 4) is 0 Å². The molecule has 20 heavy (non-hydrogen) atoms. The summed E-state index contributed by atoms with van der Waals surface area (Å²) in [4.78, 5) is 4.99. The van der Waals surface area contributed by atoms with Crippen molar-refractivity contribution in [3.63, 3.8) is 0 Å². The molecule has 4 rings (SSSR count). The second-order valence-corrected chi connectivity index (χ2v) is 6.43. The van der Waals surface area contributed by atoms with Gasteiger partial charge in [-0.25, -0.2) is 4.98 Å². The number of aromatic nitrogens is 2. The highest BCUT2D eigenvalue weighted by atomic mass is 15.1. The van der Waals surface area contributed by atoms with E-state index in [1.54, 1.807) is 0 Å². The van der Waals surface area contributed by atoms with Gasteiger partial charge in [0, 0.05) is 19.0 Å². The molecule has 106 valence electrons. The first-order valence-electron chi connectivity index (χ1n) is 8.02.